The van der Waals surface area contributed by atoms with Gasteiger partial charge in [0.15, 0.2) is 0 Å². The quantitative estimate of drug-likeness (QED) is 0.463. The monoisotopic (exact) mass is 335 g/mol. The van der Waals surface area contributed by atoms with Crippen LogP contribution in [0.25, 0.3) is 0 Å². The number of allylic oxidation sites excluding steroid dienone is 1. The minimum atomic E-state index is -1.26. The Labute approximate surface area is 140 Å². The highest BCUT2D eigenvalue weighted by atomic mass is 32.2. The Morgan fingerprint density at radius 1 is 1.30 bits per heavy atom. The average molecular weight is 335 g/mol. The van der Waals surface area contributed by atoms with Crippen molar-refractivity contribution in [1.29, 1.82) is 0 Å². The molecule has 0 unspecified atom stereocenters. The molecule has 5 heteroatoms. The SMILES string of the molecule is CC1=C(C)C[C@@](C)([S@@](=O)C[C@@H](C)c2ccccc2)[C@H]([N+](=O)[O-])C1. The highest BCUT2D eigenvalue weighted by Crippen LogP contribution is 2.39. The molecule has 0 spiro atoms. The summed E-state index contributed by atoms with van der Waals surface area (Å²) in [6.45, 7) is 7.81. The van der Waals surface area contributed by atoms with Crippen LogP contribution in [0.1, 0.15) is 52.0 Å². The molecule has 0 aliphatic heterocycles. The van der Waals surface area contributed by atoms with Gasteiger partial charge in [-0.2, -0.15) is 0 Å². The third kappa shape index (κ3) is 3.71. The van der Waals surface area contributed by atoms with E-state index in [1.807, 2.05) is 58.0 Å². The largest absolute Gasteiger partial charge is 0.264 e. The molecule has 0 fully saturated rings. The van der Waals surface area contributed by atoms with Crippen LogP contribution < -0.4 is 0 Å². The third-order valence-corrected chi connectivity index (χ3v) is 7.35. The van der Waals surface area contributed by atoms with E-state index in [-0.39, 0.29) is 10.8 Å². The van der Waals surface area contributed by atoms with E-state index in [0.717, 1.165) is 16.7 Å². The molecule has 1 aliphatic carbocycles. The maximum Gasteiger partial charge on any atom is 0.233 e. The minimum Gasteiger partial charge on any atom is -0.264 e. The van der Waals surface area contributed by atoms with Gasteiger partial charge in [-0.25, -0.2) is 0 Å². The van der Waals surface area contributed by atoms with Crippen LogP contribution in [-0.4, -0.2) is 25.7 Å². The van der Waals surface area contributed by atoms with E-state index in [2.05, 4.69) is 0 Å². The summed E-state index contributed by atoms with van der Waals surface area (Å²) in [7, 11) is -1.26. The first kappa shape index (κ1) is 17.9. The molecule has 1 aromatic rings. The Morgan fingerprint density at radius 2 is 1.91 bits per heavy atom. The molecule has 23 heavy (non-hydrogen) atoms. The number of rotatable bonds is 5. The van der Waals surface area contributed by atoms with Crippen LogP contribution in [0.5, 0.6) is 0 Å². The Kier molecular flexibility index (Phi) is 5.40. The lowest BCUT2D eigenvalue weighted by molar-refractivity contribution is -0.528. The van der Waals surface area contributed by atoms with E-state index in [4.69, 9.17) is 0 Å². The van der Waals surface area contributed by atoms with Crippen molar-refractivity contribution in [2.24, 2.45) is 0 Å². The van der Waals surface area contributed by atoms with Gasteiger partial charge in [0.25, 0.3) is 0 Å². The van der Waals surface area contributed by atoms with Crippen molar-refractivity contribution in [3.63, 3.8) is 0 Å². The van der Waals surface area contributed by atoms with Crippen LogP contribution in [0.2, 0.25) is 0 Å². The normalized spacial score (nSPS) is 27.6. The Balaban J connectivity index is 2.23. The molecule has 2 rings (SSSR count). The van der Waals surface area contributed by atoms with Gasteiger partial charge in [0, 0.05) is 27.9 Å². The van der Waals surface area contributed by atoms with E-state index in [0.29, 0.717) is 18.6 Å². The molecule has 0 saturated heterocycles. The fourth-order valence-electron chi connectivity index (χ4n) is 3.30. The number of benzene rings is 1. The molecule has 0 radical (unpaired) electrons. The highest BCUT2D eigenvalue weighted by molar-refractivity contribution is 7.86. The fraction of sp³-hybridized carbons (Fsp3) is 0.556. The van der Waals surface area contributed by atoms with Crippen LogP contribution in [0.4, 0.5) is 0 Å². The molecule has 1 aliphatic rings. The first-order chi connectivity index (χ1) is 10.8. The second kappa shape index (κ2) is 6.95. The smallest absolute Gasteiger partial charge is 0.233 e. The molecule has 0 amide bonds. The van der Waals surface area contributed by atoms with Crippen molar-refractivity contribution in [3.05, 3.63) is 57.2 Å². The number of nitro groups is 1. The second-order valence-electron chi connectivity index (χ2n) is 6.88. The van der Waals surface area contributed by atoms with Crippen LogP contribution in [0, 0.1) is 10.1 Å². The zero-order valence-electron chi connectivity index (χ0n) is 14.2. The molecule has 4 atom stereocenters. The third-order valence-electron chi connectivity index (χ3n) is 5.09. The van der Waals surface area contributed by atoms with E-state index in [1.54, 1.807) is 0 Å². The topological polar surface area (TPSA) is 60.2 Å². The first-order valence-electron chi connectivity index (χ1n) is 7.98. The Bertz CT molecular complexity index is 641. The maximum atomic E-state index is 13.1. The zero-order valence-corrected chi connectivity index (χ0v) is 15.1. The van der Waals surface area contributed by atoms with Gasteiger partial charge >= 0.3 is 0 Å². The van der Waals surface area contributed by atoms with Crippen molar-refractivity contribution >= 4 is 10.8 Å². The molecular formula is C18H25NO3S. The summed E-state index contributed by atoms with van der Waals surface area (Å²) in [5.74, 6) is 0.575. The van der Waals surface area contributed by atoms with Gasteiger partial charge in [-0.05, 0) is 38.7 Å². The predicted octanol–water partition coefficient (Wildman–Crippen LogP) is 4.07. The summed E-state index contributed by atoms with van der Waals surface area (Å²) >= 11 is 0. The van der Waals surface area contributed by atoms with Crippen LogP contribution in [0.3, 0.4) is 0 Å². The molecule has 1 aromatic carbocycles. The average Bonchev–Trinajstić information content (AvgIpc) is 2.51. The Morgan fingerprint density at radius 3 is 2.48 bits per heavy atom. The first-order valence-corrected chi connectivity index (χ1v) is 9.29. The molecule has 0 bridgehead atoms. The van der Waals surface area contributed by atoms with Gasteiger partial charge in [-0.3, -0.25) is 14.3 Å². The van der Waals surface area contributed by atoms with E-state index < -0.39 is 21.6 Å². The lowest BCUT2D eigenvalue weighted by Gasteiger charge is -2.36. The summed E-state index contributed by atoms with van der Waals surface area (Å²) in [6, 6.07) is 9.15. The van der Waals surface area contributed by atoms with Gasteiger partial charge in [0.2, 0.25) is 6.04 Å². The lowest BCUT2D eigenvalue weighted by atomic mass is 9.82. The van der Waals surface area contributed by atoms with Crippen LogP contribution in [0.15, 0.2) is 41.5 Å². The summed E-state index contributed by atoms with van der Waals surface area (Å²) in [5.41, 5.74) is 3.34. The van der Waals surface area contributed by atoms with Gasteiger partial charge in [0.1, 0.15) is 4.75 Å². The van der Waals surface area contributed by atoms with Crippen molar-refractivity contribution in [2.45, 2.75) is 57.2 Å². The van der Waals surface area contributed by atoms with E-state index >= 15 is 0 Å². The molecule has 0 saturated carbocycles. The molecular weight excluding hydrogens is 310 g/mol. The van der Waals surface area contributed by atoms with Crippen molar-refractivity contribution in [3.8, 4) is 0 Å². The molecule has 0 N–H and O–H groups in total. The summed E-state index contributed by atoms with van der Waals surface area (Å²) in [5, 5.41) is 11.5. The summed E-state index contributed by atoms with van der Waals surface area (Å²) in [4.78, 5) is 11.3. The second-order valence-corrected chi connectivity index (χ2v) is 8.84. The van der Waals surface area contributed by atoms with Crippen LogP contribution >= 0.6 is 0 Å². The van der Waals surface area contributed by atoms with Crippen molar-refractivity contribution < 1.29 is 9.13 Å². The highest BCUT2D eigenvalue weighted by Gasteiger charge is 2.50. The number of hydrogen-bond acceptors (Lipinski definition) is 3. The van der Waals surface area contributed by atoms with Gasteiger partial charge in [0.05, 0.1) is 0 Å². The minimum absolute atomic E-state index is 0.119. The summed E-state index contributed by atoms with van der Waals surface area (Å²) in [6.07, 6.45) is 0.944. The van der Waals surface area contributed by atoms with Crippen molar-refractivity contribution in [2.75, 3.05) is 5.75 Å². The van der Waals surface area contributed by atoms with Gasteiger partial charge in [-0.15, -0.1) is 0 Å². The van der Waals surface area contributed by atoms with Gasteiger partial charge in [-0.1, -0.05) is 48.4 Å². The molecule has 4 nitrogen and oxygen atoms in total. The van der Waals surface area contributed by atoms with E-state index in [9.17, 15) is 14.3 Å². The lowest BCUT2D eigenvalue weighted by Crippen LogP contribution is -2.51. The van der Waals surface area contributed by atoms with Crippen molar-refractivity contribution in [1.82, 2.24) is 0 Å². The maximum absolute atomic E-state index is 13.1. The molecule has 0 heterocycles. The van der Waals surface area contributed by atoms with E-state index in [1.165, 1.54) is 0 Å². The number of hydrogen-bond donors (Lipinski definition) is 0. The van der Waals surface area contributed by atoms with Crippen LogP contribution in [-0.2, 0) is 10.8 Å². The standard InChI is InChI=1S/C18H25NO3S/c1-13-10-17(19(20)21)18(4,11-14(13)2)23(22)12-15(3)16-8-6-5-7-9-16/h5-9,15,17H,10-12H2,1-4H3/t15-,17-,18-,23+/m1/s1. The Hall–Kier alpha value is -1.49. The number of nitrogens with zero attached hydrogens (tertiary/aromatic N) is 1. The fourth-order valence-corrected chi connectivity index (χ4v) is 5.18. The zero-order chi connectivity index (χ0) is 17.2. The van der Waals surface area contributed by atoms with Gasteiger partial charge < -0.3 is 0 Å². The molecule has 0 aromatic heterocycles. The molecule has 126 valence electrons. The predicted molar refractivity (Wildman–Crippen MR) is 94.7 cm³/mol. The summed E-state index contributed by atoms with van der Waals surface area (Å²) < 4.78 is 12.3.